The van der Waals surface area contributed by atoms with Gasteiger partial charge in [0.2, 0.25) is 5.91 Å². The third-order valence-electron chi connectivity index (χ3n) is 3.59. The van der Waals surface area contributed by atoms with Crippen molar-refractivity contribution in [3.8, 4) is 0 Å². The molecule has 2 atom stereocenters. The van der Waals surface area contributed by atoms with E-state index in [4.69, 9.17) is 5.73 Å². The summed E-state index contributed by atoms with van der Waals surface area (Å²) in [6, 6.07) is 6.25. The van der Waals surface area contributed by atoms with E-state index in [1.54, 1.807) is 12.1 Å². The highest BCUT2D eigenvalue weighted by Gasteiger charge is 2.27. The molecule has 2 unspecified atom stereocenters. The fourth-order valence-corrected chi connectivity index (χ4v) is 2.55. The molecule has 0 aromatic heterocycles. The molecule has 1 amide bonds. The summed E-state index contributed by atoms with van der Waals surface area (Å²) in [6.45, 7) is 0.626. The largest absolute Gasteiger partial charge is 0.353 e. The van der Waals surface area contributed by atoms with Crippen LogP contribution in [0.4, 0.5) is 4.39 Å². The lowest BCUT2D eigenvalue weighted by atomic mass is 10.0. The molecular formula is C14H19FN2O. The van der Waals surface area contributed by atoms with Crippen molar-refractivity contribution in [3.63, 3.8) is 0 Å². The Kier molecular flexibility index (Phi) is 4.31. The number of benzene rings is 1. The second-order valence-electron chi connectivity index (χ2n) is 4.90. The molecule has 1 saturated carbocycles. The highest BCUT2D eigenvalue weighted by Crippen LogP contribution is 2.24. The quantitative estimate of drug-likeness (QED) is 0.853. The first kappa shape index (κ1) is 13.0. The van der Waals surface area contributed by atoms with Gasteiger partial charge in [-0.25, -0.2) is 4.39 Å². The van der Waals surface area contributed by atoms with Crippen LogP contribution in [0, 0.1) is 11.7 Å². The van der Waals surface area contributed by atoms with Crippen LogP contribution in [0.2, 0.25) is 0 Å². The van der Waals surface area contributed by atoms with Crippen LogP contribution >= 0.6 is 0 Å². The highest BCUT2D eigenvalue weighted by atomic mass is 19.1. The first-order valence-electron chi connectivity index (χ1n) is 6.43. The van der Waals surface area contributed by atoms with Crippen molar-refractivity contribution in [2.45, 2.75) is 31.7 Å². The van der Waals surface area contributed by atoms with Crippen LogP contribution in [-0.4, -0.2) is 18.5 Å². The van der Waals surface area contributed by atoms with Gasteiger partial charge >= 0.3 is 0 Å². The Labute approximate surface area is 107 Å². The topological polar surface area (TPSA) is 55.1 Å². The summed E-state index contributed by atoms with van der Waals surface area (Å²) in [5, 5.41) is 3.03. The van der Waals surface area contributed by atoms with Crippen molar-refractivity contribution >= 4 is 5.91 Å². The van der Waals surface area contributed by atoms with Gasteiger partial charge in [0.05, 0.1) is 6.42 Å². The van der Waals surface area contributed by atoms with Crippen LogP contribution in [0.3, 0.4) is 0 Å². The zero-order chi connectivity index (χ0) is 13.0. The molecule has 0 aliphatic heterocycles. The average Bonchev–Trinajstić information content (AvgIpc) is 2.79. The Balaban J connectivity index is 1.86. The zero-order valence-corrected chi connectivity index (χ0v) is 10.4. The summed E-state index contributed by atoms with van der Waals surface area (Å²) < 4.78 is 12.7. The number of amides is 1. The summed E-state index contributed by atoms with van der Waals surface area (Å²) in [7, 11) is 0. The maximum Gasteiger partial charge on any atom is 0.224 e. The standard InChI is InChI=1S/C14H19FN2O/c15-12-6-4-10(5-7-12)8-14(18)17-13-3-1-2-11(13)9-16/h4-7,11,13H,1-3,8-9,16H2,(H,17,18). The number of nitrogens with one attached hydrogen (secondary N) is 1. The van der Waals surface area contributed by atoms with Gasteiger partial charge in [-0.3, -0.25) is 4.79 Å². The predicted molar refractivity (Wildman–Crippen MR) is 68.4 cm³/mol. The molecule has 3 nitrogen and oxygen atoms in total. The van der Waals surface area contributed by atoms with E-state index in [1.165, 1.54) is 12.1 Å². The minimum absolute atomic E-state index is 0.00745. The van der Waals surface area contributed by atoms with E-state index in [2.05, 4.69) is 5.32 Å². The minimum atomic E-state index is -0.279. The zero-order valence-electron chi connectivity index (χ0n) is 10.4. The molecule has 2 rings (SSSR count). The van der Waals surface area contributed by atoms with Gasteiger partial charge in [0, 0.05) is 6.04 Å². The lowest BCUT2D eigenvalue weighted by Crippen LogP contribution is -2.40. The summed E-state index contributed by atoms with van der Waals surface area (Å²) in [5.41, 5.74) is 6.51. The molecule has 0 spiro atoms. The van der Waals surface area contributed by atoms with Crippen molar-refractivity contribution in [2.75, 3.05) is 6.54 Å². The molecule has 1 aromatic carbocycles. The first-order chi connectivity index (χ1) is 8.69. The van der Waals surface area contributed by atoms with Crippen LogP contribution in [-0.2, 0) is 11.2 Å². The third kappa shape index (κ3) is 3.29. The van der Waals surface area contributed by atoms with Crippen LogP contribution in [0.15, 0.2) is 24.3 Å². The van der Waals surface area contributed by atoms with Crippen LogP contribution in [0.1, 0.15) is 24.8 Å². The van der Waals surface area contributed by atoms with Crippen molar-refractivity contribution in [1.29, 1.82) is 0 Å². The second kappa shape index (κ2) is 5.96. The van der Waals surface area contributed by atoms with E-state index in [-0.39, 0.29) is 17.8 Å². The van der Waals surface area contributed by atoms with Crippen LogP contribution in [0.25, 0.3) is 0 Å². The molecule has 0 saturated heterocycles. The number of halogens is 1. The molecule has 98 valence electrons. The van der Waals surface area contributed by atoms with E-state index in [0.717, 1.165) is 24.8 Å². The first-order valence-corrected chi connectivity index (χ1v) is 6.43. The summed E-state index contributed by atoms with van der Waals surface area (Å²) in [6.07, 6.45) is 3.53. The van der Waals surface area contributed by atoms with Gasteiger partial charge in [-0.1, -0.05) is 18.6 Å². The normalized spacial score (nSPS) is 23.0. The number of carbonyl (C=O) groups is 1. The summed E-state index contributed by atoms with van der Waals surface area (Å²) >= 11 is 0. The number of nitrogens with two attached hydrogens (primary N) is 1. The Hall–Kier alpha value is -1.42. The fourth-order valence-electron chi connectivity index (χ4n) is 2.55. The Morgan fingerprint density at radius 2 is 2.06 bits per heavy atom. The lowest BCUT2D eigenvalue weighted by molar-refractivity contribution is -0.121. The maximum absolute atomic E-state index is 12.7. The highest BCUT2D eigenvalue weighted by molar-refractivity contribution is 5.78. The Morgan fingerprint density at radius 1 is 1.33 bits per heavy atom. The Morgan fingerprint density at radius 3 is 2.72 bits per heavy atom. The third-order valence-corrected chi connectivity index (χ3v) is 3.59. The van der Waals surface area contributed by atoms with Crippen molar-refractivity contribution in [2.24, 2.45) is 11.7 Å². The minimum Gasteiger partial charge on any atom is -0.353 e. The molecule has 4 heteroatoms. The monoisotopic (exact) mass is 250 g/mol. The molecular weight excluding hydrogens is 231 g/mol. The van der Waals surface area contributed by atoms with Crippen LogP contribution < -0.4 is 11.1 Å². The molecule has 1 aliphatic rings. The fraction of sp³-hybridized carbons (Fsp3) is 0.500. The van der Waals surface area contributed by atoms with E-state index in [0.29, 0.717) is 18.9 Å². The average molecular weight is 250 g/mol. The maximum atomic E-state index is 12.7. The van der Waals surface area contributed by atoms with E-state index in [1.807, 2.05) is 0 Å². The summed E-state index contributed by atoms with van der Waals surface area (Å²) in [5.74, 6) is 0.118. The van der Waals surface area contributed by atoms with E-state index >= 15 is 0 Å². The molecule has 18 heavy (non-hydrogen) atoms. The molecule has 1 aliphatic carbocycles. The molecule has 1 fully saturated rings. The number of hydrogen-bond acceptors (Lipinski definition) is 2. The van der Waals surface area contributed by atoms with Gasteiger partial charge in [0.15, 0.2) is 0 Å². The number of carbonyl (C=O) groups excluding carboxylic acids is 1. The van der Waals surface area contributed by atoms with E-state index < -0.39 is 0 Å². The predicted octanol–water partition coefficient (Wildman–Crippen LogP) is 1.61. The number of hydrogen-bond donors (Lipinski definition) is 2. The van der Waals surface area contributed by atoms with Gasteiger partial charge in [-0.15, -0.1) is 0 Å². The number of rotatable bonds is 4. The summed E-state index contributed by atoms with van der Waals surface area (Å²) in [4.78, 5) is 11.9. The van der Waals surface area contributed by atoms with Gasteiger partial charge < -0.3 is 11.1 Å². The van der Waals surface area contributed by atoms with E-state index in [9.17, 15) is 9.18 Å². The van der Waals surface area contributed by atoms with Crippen molar-refractivity contribution in [1.82, 2.24) is 5.32 Å². The molecule has 0 heterocycles. The smallest absolute Gasteiger partial charge is 0.224 e. The molecule has 0 bridgehead atoms. The van der Waals surface area contributed by atoms with Crippen LogP contribution in [0.5, 0.6) is 0 Å². The van der Waals surface area contributed by atoms with Gasteiger partial charge in [0.25, 0.3) is 0 Å². The van der Waals surface area contributed by atoms with Gasteiger partial charge in [-0.2, -0.15) is 0 Å². The lowest BCUT2D eigenvalue weighted by Gasteiger charge is -2.19. The van der Waals surface area contributed by atoms with Gasteiger partial charge in [0.1, 0.15) is 5.82 Å². The molecule has 3 N–H and O–H groups in total. The van der Waals surface area contributed by atoms with Crippen molar-refractivity contribution < 1.29 is 9.18 Å². The Bertz CT molecular complexity index is 405. The molecule has 0 radical (unpaired) electrons. The van der Waals surface area contributed by atoms with Crippen molar-refractivity contribution in [3.05, 3.63) is 35.6 Å². The molecule has 1 aromatic rings. The van der Waals surface area contributed by atoms with Gasteiger partial charge in [-0.05, 0) is 43.0 Å². The SMILES string of the molecule is NCC1CCCC1NC(=O)Cc1ccc(F)cc1. The second-order valence-corrected chi connectivity index (χ2v) is 4.90.